The molecule has 0 bridgehead atoms. The van der Waals surface area contributed by atoms with Gasteiger partial charge in [-0.05, 0) is 47.5 Å². The zero-order valence-corrected chi connectivity index (χ0v) is 11.8. The minimum absolute atomic E-state index is 0.0894. The van der Waals surface area contributed by atoms with Gasteiger partial charge in [-0.25, -0.2) is 8.78 Å². The number of rotatable bonds is 2. The lowest BCUT2D eigenvalue weighted by atomic mass is 9.79. The molecule has 2 heteroatoms. The van der Waals surface area contributed by atoms with E-state index in [0.717, 1.165) is 17.1 Å². The molecule has 0 aliphatic heterocycles. The lowest BCUT2D eigenvalue weighted by molar-refractivity contribution is 0.348. The van der Waals surface area contributed by atoms with Crippen molar-refractivity contribution in [2.24, 2.45) is 5.92 Å². The summed E-state index contributed by atoms with van der Waals surface area (Å²) in [5.74, 6) is 0.145. The second-order valence-electron chi connectivity index (χ2n) is 6.18. The molecular weight excluding hydrogens is 254 g/mol. The summed E-state index contributed by atoms with van der Waals surface area (Å²) in [6.45, 7) is 2.32. The van der Waals surface area contributed by atoms with Crippen LogP contribution >= 0.6 is 0 Å². The van der Waals surface area contributed by atoms with Crippen molar-refractivity contribution in [3.63, 3.8) is 0 Å². The summed E-state index contributed by atoms with van der Waals surface area (Å²) in [6.07, 6.45) is 6.52. The summed E-state index contributed by atoms with van der Waals surface area (Å²) >= 11 is 0. The van der Waals surface area contributed by atoms with Crippen LogP contribution in [0.2, 0.25) is 0 Å². The molecule has 20 heavy (non-hydrogen) atoms. The van der Waals surface area contributed by atoms with Crippen LogP contribution in [-0.4, -0.2) is 0 Å². The van der Waals surface area contributed by atoms with Crippen LogP contribution in [0.5, 0.6) is 0 Å². The molecule has 2 aliphatic carbocycles. The van der Waals surface area contributed by atoms with Gasteiger partial charge in [0.2, 0.25) is 0 Å². The van der Waals surface area contributed by atoms with Gasteiger partial charge in [0.15, 0.2) is 5.83 Å². The van der Waals surface area contributed by atoms with Crippen LogP contribution in [0.3, 0.4) is 0 Å². The number of hydrogen-bond donors (Lipinski definition) is 0. The first-order valence-electron chi connectivity index (χ1n) is 7.48. The zero-order valence-electron chi connectivity index (χ0n) is 11.8. The van der Waals surface area contributed by atoms with Crippen LogP contribution in [0, 0.1) is 5.92 Å². The van der Waals surface area contributed by atoms with Gasteiger partial charge >= 0.3 is 0 Å². The van der Waals surface area contributed by atoms with Crippen molar-refractivity contribution in [3.05, 3.63) is 53.1 Å². The van der Waals surface area contributed by atoms with Gasteiger partial charge in [-0.15, -0.1) is 0 Å². The number of hydrogen-bond acceptors (Lipinski definition) is 0. The average Bonchev–Trinajstić information content (AvgIpc) is 2.80. The average molecular weight is 274 g/mol. The van der Waals surface area contributed by atoms with Crippen LogP contribution in [-0.2, 0) is 0 Å². The molecule has 0 radical (unpaired) electrons. The predicted octanol–water partition coefficient (Wildman–Crippen LogP) is 5.92. The highest BCUT2D eigenvalue weighted by Crippen LogP contribution is 2.37. The first-order valence-corrected chi connectivity index (χ1v) is 7.48. The lowest BCUT2D eigenvalue weighted by Gasteiger charge is -2.26. The van der Waals surface area contributed by atoms with E-state index in [4.69, 9.17) is 0 Å². The molecule has 0 unspecified atom stereocenters. The fraction of sp³-hybridized carbons (Fsp3) is 0.444. The molecule has 0 amide bonds. The monoisotopic (exact) mass is 274 g/mol. The highest BCUT2D eigenvalue weighted by Gasteiger charge is 2.20. The van der Waals surface area contributed by atoms with E-state index >= 15 is 0 Å². The normalized spacial score (nSPS) is 26.9. The molecule has 106 valence electrons. The highest BCUT2D eigenvalue weighted by atomic mass is 19.2. The molecule has 2 aliphatic rings. The van der Waals surface area contributed by atoms with Gasteiger partial charge in [0.1, 0.15) is 5.83 Å². The maximum Gasteiger partial charge on any atom is 0.155 e. The minimum atomic E-state index is -0.717. The van der Waals surface area contributed by atoms with E-state index in [-0.39, 0.29) is 6.42 Å². The van der Waals surface area contributed by atoms with Crippen LogP contribution in [0.1, 0.15) is 56.1 Å². The van der Waals surface area contributed by atoms with E-state index < -0.39 is 11.7 Å². The van der Waals surface area contributed by atoms with Gasteiger partial charge in [0.05, 0.1) is 0 Å². The third-order valence-electron chi connectivity index (χ3n) is 4.67. The number of benzene rings is 1. The molecule has 0 heterocycles. The van der Waals surface area contributed by atoms with Crippen molar-refractivity contribution in [3.8, 4) is 0 Å². The highest BCUT2D eigenvalue weighted by molar-refractivity contribution is 5.72. The summed E-state index contributed by atoms with van der Waals surface area (Å²) in [6, 6.07) is 8.27. The maximum atomic E-state index is 13.1. The quantitative estimate of drug-likeness (QED) is 0.628. The standard InChI is InChI=1S/C18H20F2/c1-12-2-4-13(5-3-12)14-6-8-15(9-7-14)16-10-17(19)18(20)11-16/h6-10,12-13H,2-5,11H2,1H3. The third kappa shape index (κ3) is 2.70. The smallest absolute Gasteiger partial charge is 0.155 e. The first-order chi connectivity index (χ1) is 9.63. The SMILES string of the molecule is CC1CCC(c2ccc(C3=CC(F)=C(F)C3)cc2)CC1. The third-order valence-corrected chi connectivity index (χ3v) is 4.67. The molecule has 0 atom stereocenters. The van der Waals surface area contributed by atoms with E-state index in [2.05, 4.69) is 19.1 Å². The Labute approximate surface area is 119 Å². The Morgan fingerprint density at radius 2 is 1.60 bits per heavy atom. The Morgan fingerprint density at radius 3 is 2.15 bits per heavy atom. The van der Waals surface area contributed by atoms with Crippen molar-refractivity contribution >= 4 is 5.57 Å². The van der Waals surface area contributed by atoms with Crippen molar-refractivity contribution in [2.45, 2.75) is 44.9 Å². The largest absolute Gasteiger partial charge is 0.208 e. The molecule has 0 saturated heterocycles. The molecule has 1 aromatic rings. The minimum Gasteiger partial charge on any atom is -0.208 e. The topological polar surface area (TPSA) is 0 Å². The van der Waals surface area contributed by atoms with Crippen molar-refractivity contribution in [1.29, 1.82) is 0 Å². The van der Waals surface area contributed by atoms with Gasteiger partial charge in [-0.2, -0.15) is 0 Å². The summed E-state index contributed by atoms with van der Waals surface area (Å²) in [4.78, 5) is 0. The summed E-state index contributed by atoms with van der Waals surface area (Å²) < 4.78 is 26.2. The first kappa shape index (κ1) is 13.5. The van der Waals surface area contributed by atoms with E-state index in [9.17, 15) is 8.78 Å². The van der Waals surface area contributed by atoms with E-state index in [1.807, 2.05) is 12.1 Å². The van der Waals surface area contributed by atoms with Crippen molar-refractivity contribution in [1.82, 2.24) is 0 Å². The van der Waals surface area contributed by atoms with Crippen molar-refractivity contribution in [2.75, 3.05) is 0 Å². The molecule has 0 nitrogen and oxygen atoms in total. The summed E-state index contributed by atoms with van der Waals surface area (Å²) in [7, 11) is 0. The van der Waals surface area contributed by atoms with E-state index in [1.165, 1.54) is 37.3 Å². The molecule has 1 saturated carbocycles. The fourth-order valence-corrected chi connectivity index (χ4v) is 3.28. The molecule has 3 rings (SSSR count). The van der Waals surface area contributed by atoms with Crippen molar-refractivity contribution < 1.29 is 8.78 Å². The Morgan fingerprint density at radius 1 is 0.950 bits per heavy atom. The molecular formula is C18H20F2. The van der Waals surface area contributed by atoms with E-state index in [0.29, 0.717) is 5.92 Å². The van der Waals surface area contributed by atoms with Gasteiger partial charge in [0, 0.05) is 6.42 Å². The van der Waals surface area contributed by atoms with Crippen LogP contribution < -0.4 is 0 Å². The van der Waals surface area contributed by atoms with Crippen LogP contribution in [0.15, 0.2) is 42.0 Å². The number of halogens is 2. The maximum absolute atomic E-state index is 13.1. The van der Waals surface area contributed by atoms with Gasteiger partial charge < -0.3 is 0 Å². The molecule has 0 aromatic heterocycles. The fourth-order valence-electron chi connectivity index (χ4n) is 3.28. The Kier molecular flexibility index (Phi) is 3.73. The second-order valence-corrected chi connectivity index (χ2v) is 6.18. The lowest BCUT2D eigenvalue weighted by Crippen LogP contribution is -2.10. The Bertz CT molecular complexity index is 543. The van der Waals surface area contributed by atoms with Gasteiger partial charge in [-0.1, -0.05) is 44.0 Å². The Hall–Kier alpha value is -1.44. The molecule has 1 aromatic carbocycles. The molecule has 0 spiro atoms. The second kappa shape index (κ2) is 5.51. The van der Waals surface area contributed by atoms with Gasteiger partial charge in [-0.3, -0.25) is 0 Å². The molecule has 0 N–H and O–H groups in total. The predicted molar refractivity (Wildman–Crippen MR) is 78.7 cm³/mol. The zero-order chi connectivity index (χ0) is 14.1. The number of allylic oxidation sites excluding steroid dienone is 4. The van der Waals surface area contributed by atoms with Gasteiger partial charge in [0.25, 0.3) is 0 Å². The summed E-state index contributed by atoms with van der Waals surface area (Å²) in [5, 5.41) is 0. The van der Waals surface area contributed by atoms with E-state index in [1.54, 1.807) is 0 Å². The summed E-state index contributed by atoms with van der Waals surface area (Å²) in [5.41, 5.74) is 3.04. The van der Waals surface area contributed by atoms with Crippen LogP contribution in [0.25, 0.3) is 5.57 Å². The van der Waals surface area contributed by atoms with Crippen LogP contribution in [0.4, 0.5) is 8.78 Å². The molecule has 1 fully saturated rings. The Balaban J connectivity index is 1.71.